The molecule has 2 fully saturated rings. The second-order valence-corrected chi connectivity index (χ2v) is 15.2. The van der Waals surface area contributed by atoms with Crippen molar-refractivity contribution >= 4 is 48.6 Å². The van der Waals surface area contributed by atoms with Gasteiger partial charge >= 0.3 is 5.69 Å². The van der Waals surface area contributed by atoms with Gasteiger partial charge in [0.05, 0.1) is 43.1 Å². The fourth-order valence-electron chi connectivity index (χ4n) is 5.02. The van der Waals surface area contributed by atoms with Crippen molar-refractivity contribution in [3.05, 3.63) is 49.5 Å². The van der Waals surface area contributed by atoms with Gasteiger partial charge in [-0.15, -0.1) is 0 Å². The Bertz CT molecular complexity index is 2160. The van der Waals surface area contributed by atoms with Crippen LogP contribution >= 0.6 is 23.2 Å². The smallest absolute Gasteiger partial charge is 0.316 e. The van der Waals surface area contributed by atoms with Crippen LogP contribution in [-0.2, 0) is 52.7 Å². The van der Waals surface area contributed by atoms with Crippen LogP contribution in [0.15, 0.2) is 22.4 Å². The minimum Gasteiger partial charge on any atom is -0.347 e. The van der Waals surface area contributed by atoms with Crippen molar-refractivity contribution in [1.29, 1.82) is 5.26 Å². The highest BCUT2D eigenvalue weighted by Gasteiger charge is 2.35. The molecule has 0 N–H and O–H groups in total. The molecular formula is C26H32Cl2N10O10S2. The molecule has 4 aromatic rings. The first kappa shape index (κ1) is 38.8. The van der Waals surface area contributed by atoms with Gasteiger partial charge in [0, 0.05) is 26.6 Å². The summed E-state index contributed by atoms with van der Waals surface area (Å²) >= 11 is 12.4. The summed E-state index contributed by atoms with van der Waals surface area (Å²) in [5.74, 6) is 0.0272. The Morgan fingerprint density at radius 3 is 1.60 bits per heavy atom. The van der Waals surface area contributed by atoms with Gasteiger partial charge in [-0.25, -0.2) is 26.2 Å². The summed E-state index contributed by atoms with van der Waals surface area (Å²) in [4.78, 5) is 10.7. The van der Waals surface area contributed by atoms with E-state index >= 15 is 0 Å². The Kier molecular flexibility index (Phi) is 11.7. The van der Waals surface area contributed by atoms with Crippen LogP contribution in [0, 0.1) is 21.4 Å². The molecule has 272 valence electrons. The Morgan fingerprint density at radius 2 is 1.22 bits per heavy atom. The third-order valence-corrected chi connectivity index (χ3v) is 10.2. The summed E-state index contributed by atoms with van der Waals surface area (Å²) in [5.41, 5.74) is 0.223. The van der Waals surface area contributed by atoms with Crippen LogP contribution in [0.1, 0.15) is 49.8 Å². The fourth-order valence-corrected chi connectivity index (χ4v) is 8.22. The molecule has 0 aromatic carbocycles. The molecule has 2 aliphatic rings. The predicted octanol–water partition coefficient (Wildman–Crippen LogP) is 2.61. The van der Waals surface area contributed by atoms with Gasteiger partial charge in [-0.05, 0) is 12.8 Å². The summed E-state index contributed by atoms with van der Waals surface area (Å²) in [6, 6.07) is 2.01. The first-order chi connectivity index (χ1) is 23.1. The molecule has 0 bridgehead atoms. The first-order valence-electron chi connectivity index (χ1n) is 14.1. The summed E-state index contributed by atoms with van der Waals surface area (Å²) in [5, 5.41) is 36.2. The second-order valence-electron chi connectivity index (χ2n) is 10.6. The number of halogens is 2. The number of ether oxygens (including phenoxy) is 4. The zero-order valence-corrected chi connectivity index (χ0v) is 29.3. The number of rotatable bonds is 7. The molecule has 2 aliphatic heterocycles. The molecule has 2 saturated heterocycles. The minimum atomic E-state index is -3.67. The third-order valence-electron chi connectivity index (χ3n) is 6.96. The maximum atomic E-state index is 11.9. The van der Waals surface area contributed by atoms with E-state index in [4.69, 9.17) is 42.1 Å². The maximum Gasteiger partial charge on any atom is 0.316 e. The highest BCUT2D eigenvalue weighted by molar-refractivity contribution is 7.91. The molecule has 6 rings (SSSR count). The van der Waals surface area contributed by atoms with Crippen molar-refractivity contribution in [2.45, 2.75) is 42.9 Å². The number of hydrogen-bond donors (Lipinski definition) is 0. The standard InChI is InChI=1S/C13H14ClN5O4S.C12H14ClN5O6S.CH4/c1-18-12(24(2,20)21)9(14)11(17-18)19-10(8(6-15)7-16-19)13-22-4-3-5-23-13;1-16-11(25(2,21)22)8(13)10(15-16)17-9(7(6-14-17)18(19)20)12-23-4-3-5-24-12;/h7,13H,3-5H2,1-2H3;6,12H,3-5H2,1-2H3;1H4. The van der Waals surface area contributed by atoms with Crippen molar-refractivity contribution in [2.24, 2.45) is 14.1 Å². The molecule has 6 heterocycles. The van der Waals surface area contributed by atoms with Crippen molar-refractivity contribution in [1.82, 2.24) is 39.1 Å². The summed E-state index contributed by atoms with van der Waals surface area (Å²) in [7, 11) is -4.39. The van der Waals surface area contributed by atoms with Gasteiger partial charge in [0.2, 0.25) is 12.6 Å². The molecule has 0 spiro atoms. The molecule has 0 amide bonds. The number of nitrogens with zero attached hydrogens (tertiary/aromatic N) is 10. The molecule has 50 heavy (non-hydrogen) atoms. The van der Waals surface area contributed by atoms with Crippen LogP contribution in [-0.4, -0.2) is 99.8 Å². The molecule has 20 nitrogen and oxygen atoms in total. The van der Waals surface area contributed by atoms with E-state index in [-0.39, 0.29) is 56.1 Å². The number of aryl methyl sites for hydroxylation is 2. The average molecular weight is 780 g/mol. The Morgan fingerprint density at radius 1 is 0.820 bits per heavy atom. The molecule has 4 aromatic heterocycles. The molecule has 0 saturated carbocycles. The van der Waals surface area contributed by atoms with E-state index in [0.29, 0.717) is 38.5 Å². The highest BCUT2D eigenvalue weighted by Crippen LogP contribution is 2.36. The Balaban J connectivity index is 0.000000220. The van der Waals surface area contributed by atoms with Gasteiger partial charge in [0.25, 0.3) is 0 Å². The normalized spacial score (nSPS) is 15.9. The molecule has 24 heteroatoms. The zero-order valence-electron chi connectivity index (χ0n) is 26.2. The van der Waals surface area contributed by atoms with Gasteiger partial charge in [-0.3, -0.25) is 19.5 Å². The van der Waals surface area contributed by atoms with E-state index in [1.807, 2.05) is 6.07 Å². The lowest BCUT2D eigenvalue weighted by Crippen LogP contribution is -2.21. The van der Waals surface area contributed by atoms with Crippen molar-refractivity contribution in [2.75, 3.05) is 38.9 Å². The predicted molar refractivity (Wildman–Crippen MR) is 174 cm³/mol. The monoisotopic (exact) mass is 778 g/mol. The van der Waals surface area contributed by atoms with Gasteiger partial charge < -0.3 is 18.9 Å². The summed E-state index contributed by atoms with van der Waals surface area (Å²) < 4.78 is 74.1. The highest BCUT2D eigenvalue weighted by atomic mass is 35.5. The number of nitro groups is 1. The van der Waals surface area contributed by atoms with Crippen molar-refractivity contribution in [3.8, 4) is 17.7 Å². The zero-order chi connectivity index (χ0) is 35.8. The average Bonchev–Trinajstić information content (AvgIpc) is 3.80. The van der Waals surface area contributed by atoms with E-state index in [1.165, 1.54) is 25.0 Å². The van der Waals surface area contributed by atoms with Crippen molar-refractivity contribution in [3.63, 3.8) is 0 Å². The van der Waals surface area contributed by atoms with E-state index in [2.05, 4.69) is 20.4 Å². The van der Waals surface area contributed by atoms with Gasteiger partial charge in [-0.2, -0.15) is 25.7 Å². The topological polar surface area (TPSA) is 243 Å². The lowest BCUT2D eigenvalue weighted by Gasteiger charge is -2.23. The van der Waals surface area contributed by atoms with Crippen LogP contribution in [0.2, 0.25) is 10.0 Å². The summed E-state index contributed by atoms with van der Waals surface area (Å²) in [6.45, 7) is 1.67. The molecule has 0 radical (unpaired) electrons. The van der Waals surface area contributed by atoms with Crippen LogP contribution < -0.4 is 0 Å². The third kappa shape index (κ3) is 7.54. The minimum absolute atomic E-state index is 0. The van der Waals surface area contributed by atoms with E-state index < -0.39 is 37.2 Å². The SMILES string of the molecule is C.Cn1nc(-n2ncc(C#N)c2C2OCCCO2)c(Cl)c1S(C)(=O)=O.Cn1nc(-n2ncc([N+](=O)[O-])c2C2OCCCO2)c(Cl)c1S(C)(=O)=O. The van der Waals surface area contributed by atoms with Crippen LogP contribution in [0.25, 0.3) is 11.6 Å². The number of aromatic nitrogens is 8. The fraction of sp³-hybridized carbons (Fsp3) is 0.500. The van der Waals surface area contributed by atoms with Gasteiger partial charge in [-0.1, -0.05) is 30.6 Å². The quantitative estimate of drug-likeness (QED) is 0.193. The van der Waals surface area contributed by atoms with Crippen LogP contribution in [0.3, 0.4) is 0 Å². The largest absolute Gasteiger partial charge is 0.347 e. The van der Waals surface area contributed by atoms with E-state index in [0.717, 1.165) is 39.2 Å². The number of sulfone groups is 2. The van der Waals surface area contributed by atoms with Gasteiger partial charge in [0.1, 0.15) is 28.0 Å². The molecule has 0 unspecified atom stereocenters. The molecule has 0 aliphatic carbocycles. The summed E-state index contributed by atoms with van der Waals surface area (Å²) in [6.07, 6.45) is 3.95. The Hall–Kier alpha value is -3.95. The molecule has 0 atom stereocenters. The lowest BCUT2D eigenvalue weighted by atomic mass is 10.2. The van der Waals surface area contributed by atoms with E-state index in [9.17, 15) is 32.2 Å². The van der Waals surface area contributed by atoms with Crippen LogP contribution in [0.5, 0.6) is 0 Å². The number of hydrogen-bond acceptors (Lipinski definition) is 15. The lowest BCUT2D eigenvalue weighted by molar-refractivity contribution is -0.387. The second kappa shape index (κ2) is 15.1. The first-order valence-corrected chi connectivity index (χ1v) is 18.6. The van der Waals surface area contributed by atoms with E-state index in [1.54, 1.807) is 0 Å². The molecular weight excluding hydrogens is 747 g/mol. The number of nitriles is 1. The van der Waals surface area contributed by atoms with Crippen LogP contribution in [0.4, 0.5) is 5.69 Å². The van der Waals surface area contributed by atoms with Gasteiger partial charge in [0.15, 0.2) is 47.1 Å². The Labute approximate surface area is 295 Å². The maximum absolute atomic E-state index is 11.9. The van der Waals surface area contributed by atoms with Crippen molar-refractivity contribution < 1.29 is 40.7 Å².